The van der Waals surface area contributed by atoms with Gasteiger partial charge in [0.1, 0.15) is 0 Å². The summed E-state index contributed by atoms with van der Waals surface area (Å²) < 4.78 is 0. The van der Waals surface area contributed by atoms with Gasteiger partial charge in [-0.15, -0.1) is 0 Å². The molecule has 21 heavy (non-hydrogen) atoms. The van der Waals surface area contributed by atoms with Gasteiger partial charge in [-0.2, -0.15) is 0 Å². The first-order chi connectivity index (χ1) is 9.92. The van der Waals surface area contributed by atoms with Crippen molar-refractivity contribution in [3.63, 3.8) is 0 Å². The number of hydrogen-bond donors (Lipinski definition) is 0. The molecule has 114 valence electrons. The Morgan fingerprint density at radius 1 is 1.29 bits per heavy atom. The van der Waals surface area contributed by atoms with E-state index in [1.807, 2.05) is 23.1 Å². The van der Waals surface area contributed by atoms with E-state index in [2.05, 4.69) is 19.1 Å². The maximum Gasteiger partial charge on any atom is 0.223 e. The fraction of sp³-hybridized carbons (Fsp3) is 0.529. The Hall–Kier alpha value is -1.84. The van der Waals surface area contributed by atoms with Crippen molar-refractivity contribution < 1.29 is 9.59 Å². The van der Waals surface area contributed by atoms with E-state index in [-0.39, 0.29) is 17.2 Å². The first kappa shape index (κ1) is 15.5. The molecule has 0 saturated carbocycles. The molecule has 4 heteroatoms. The van der Waals surface area contributed by atoms with Crippen LogP contribution in [0.3, 0.4) is 0 Å². The number of benzene rings is 1. The Balaban J connectivity index is 2.05. The Bertz CT molecular complexity index is 513. The van der Waals surface area contributed by atoms with Crippen molar-refractivity contribution in [3.8, 4) is 0 Å². The molecule has 1 aliphatic rings. The second-order valence-electron chi connectivity index (χ2n) is 6.28. The van der Waals surface area contributed by atoms with E-state index >= 15 is 0 Å². The lowest BCUT2D eigenvalue weighted by molar-refractivity contribution is -0.136. The molecule has 1 aromatic rings. The van der Waals surface area contributed by atoms with E-state index < -0.39 is 0 Å². The van der Waals surface area contributed by atoms with Crippen LogP contribution in [0.2, 0.25) is 0 Å². The molecule has 0 aromatic heterocycles. The van der Waals surface area contributed by atoms with Crippen LogP contribution in [0, 0.1) is 0 Å². The second kappa shape index (κ2) is 6.29. The van der Waals surface area contributed by atoms with Crippen LogP contribution in [0.4, 0.5) is 0 Å². The molecule has 1 fully saturated rings. The predicted molar refractivity (Wildman–Crippen MR) is 82.9 cm³/mol. The number of carbonyl (C=O) groups is 2. The van der Waals surface area contributed by atoms with Gasteiger partial charge in [-0.3, -0.25) is 9.59 Å². The third kappa shape index (κ3) is 3.63. The highest BCUT2D eigenvalue weighted by Crippen LogP contribution is 2.34. The number of amides is 2. The highest BCUT2D eigenvalue weighted by molar-refractivity contribution is 5.79. The zero-order valence-electron chi connectivity index (χ0n) is 13.1. The summed E-state index contributed by atoms with van der Waals surface area (Å²) in [6, 6.07) is 10.3. The summed E-state index contributed by atoms with van der Waals surface area (Å²) in [4.78, 5) is 27.2. The number of piperidine rings is 1. The smallest absolute Gasteiger partial charge is 0.223 e. The van der Waals surface area contributed by atoms with Crippen LogP contribution in [0.1, 0.15) is 31.7 Å². The van der Waals surface area contributed by atoms with E-state index in [1.54, 1.807) is 19.0 Å². The summed E-state index contributed by atoms with van der Waals surface area (Å²) in [6.45, 7) is 3.41. The predicted octanol–water partition coefficient (Wildman–Crippen LogP) is 2.04. The van der Waals surface area contributed by atoms with Crippen molar-refractivity contribution in [2.75, 3.05) is 27.2 Å². The monoisotopic (exact) mass is 288 g/mol. The molecule has 1 unspecified atom stereocenters. The standard InChI is InChI=1S/C17H24N2O2/c1-17(14-7-5-4-6-8-14)11-9-16(21)19(13-17)12-10-15(20)18(2)3/h4-8H,9-13H2,1-3H3. The first-order valence-electron chi connectivity index (χ1n) is 7.46. The number of nitrogens with zero attached hydrogens (tertiary/aromatic N) is 2. The molecule has 2 rings (SSSR count). The van der Waals surface area contributed by atoms with Gasteiger partial charge in [0.2, 0.25) is 11.8 Å². The summed E-state index contributed by atoms with van der Waals surface area (Å²) >= 11 is 0. The molecular formula is C17H24N2O2. The summed E-state index contributed by atoms with van der Waals surface area (Å²) in [6.07, 6.45) is 1.82. The SMILES string of the molecule is CN(C)C(=O)CCN1CC(C)(c2ccccc2)CCC1=O. The van der Waals surface area contributed by atoms with Gasteiger partial charge in [0.25, 0.3) is 0 Å². The van der Waals surface area contributed by atoms with Gasteiger partial charge in [-0.05, 0) is 12.0 Å². The summed E-state index contributed by atoms with van der Waals surface area (Å²) in [7, 11) is 3.49. The molecule has 0 bridgehead atoms. The van der Waals surface area contributed by atoms with E-state index in [1.165, 1.54) is 5.56 Å². The average molecular weight is 288 g/mol. The number of hydrogen-bond acceptors (Lipinski definition) is 2. The molecule has 1 aliphatic heterocycles. The van der Waals surface area contributed by atoms with Crippen molar-refractivity contribution in [2.24, 2.45) is 0 Å². The van der Waals surface area contributed by atoms with Gasteiger partial charge in [0.15, 0.2) is 0 Å². The van der Waals surface area contributed by atoms with Crippen LogP contribution in [0.5, 0.6) is 0 Å². The molecule has 0 radical (unpaired) electrons. The summed E-state index contributed by atoms with van der Waals surface area (Å²) in [5.41, 5.74) is 1.25. The Morgan fingerprint density at radius 2 is 1.95 bits per heavy atom. The van der Waals surface area contributed by atoms with Crippen LogP contribution in [0.25, 0.3) is 0 Å². The van der Waals surface area contributed by atoms with E-state index in [0.717, 1.165) is 6.42 Å². The van der Waals surface area contributed by atoms with Crippen molar-refractivity contribution in [1.82, 2.24) is 9.80 Å². The van der Waals surface area contributed by atoms with Crippen LogP contribution < -0.4 is 0 Å². The minimum absolute atomic E-state index is 0.0175. The van der Waals surface area contributed by atoms with E-state index in [9.17, 15) is 9.59 Å². The number of likely N-dealkylation sites (tertiary alicyclic amines) is 1. The van der Waals surface area contributed by atoms with Crippen molar-refractivity contribution in [3.05, 3.63) is 35.9 Å². The van der Waals surface area contributed by atoms with Gasteiger partial charge in [-0.1, -0.05) is 37.3 Å². The molecule has 1 heterocycles. The largest absolute Gasteiger partial charge is 0.349 e. The van der Waals surface area contributed by atoms with Crippen molar-refractivity contribution in [2.45, 2.75) is 31.6 Å². The zero-order valence-corrected chi connectivity index (χ0v) is 13.1. The van der Waals surface area contributed by atoms with Gasteiger partial charge in [0.05, 0.1) is 0 Å². The summed E-state index contributed by atoms with van der Waals surface area (Å²) in [5.74, 6) is 0.227. The molecule has 0 N–H and O–H groups in total. The Morgan fingerprint density at radius 3 is 2.57 bits per heavy atom. The topological polar surface area (TPSA) is 40.6 Å². The molecule has 1 aromatic carbocycles. The highest BCUT2D eigenvalue weighted by atomic mass is 16.2. The first-order valence-corrected chi connectivity index (χ1v) is 7.46. The highest BCUT2D eigenvalue weighted by Gasteiger charge is 2.36. The zero-order chi connectivity index (χ0) is 15.5. The van der Waals surface area contributed by atoms with Crippen LogP contribution in [-0.4, -0.2) is 48.8 Å². The number of carbonyl (C=O) groups excluding carboxylic acids is 2. The minimum Gasteiger partial charge on any atom is -0.349 e. The van der Waals surface area contributed by atoms with Crippen molar-refractivity contribution in [1.29, 1.82) is 0 Å². The lowest BCUT2D eigenvalue weighted by Gasteiger charge is -2.40. The lowest BCUT2D eigenvalue weighted by Crippen LogP contribution is -2.48. The molecule has 2 amide bonds. The van der Waals surface area contributed by atoms with Gasteiger partial charge < -0.3 is 9.80 Å². The van der Waals surface area contributed by atoms with Crippen LogP contribution in [0.15, 0.2) is 30.3 Å². The second-order valence-corrected chi connectivity index (χ2v) is 6.28. The normalized spacial score (nSPS) is 22.2. The van der Waals surface area contributed by atoms with Gasteiger partial charge in [0, 0.05) is 45.4 Å². The van der Waals surface area contributed by atoms with Gasteiger partial charge >= 0.3 is 0 Å². The fourth-order valence-corrected chi connectivity index (χ4v) is 2.86. The molecule has 1 saturated heterocycles. The Labute approximate surface area is 126 Å². The maximum absolute atomic E-state index is 12.1. The third-order valence-corrected chi connectivity index (χ3v) is 4.35. The molecular weight excluding hydrogens is 264 g/mol. The molecule has 1 atom stereocenters. The van der Waals surface area contributed by atoms with Crippen molar-refractivity contribution >= 4 is 11.8 Å². The molecule has 0 spiro atoms. The molecule has 0 aliphatic carbocycles. The molecule has 4 nitrogen and oxygen atoms in total. The van der Waals surface area contributed by atoms with Gasteiger partial charge in [-0.25, -0.2) is 0 Å². The number of rotatable bonds is 4. The average Bonchev–Trinajstić information content (AvgIpc) is 2.49. The van der Waals surface area contributed by atoms with Crippen LogP contribution >= 0.6 is 0 Å². The Kier molecular flexibility index (Phi) is 4.66. The quantitative estimate of drug-likeness (QED) is 0.851. The lowest BCUT2D eigenvalue weighted by atomic mass is 9.75. The van der Waals surface area contributed by atoms with E-state index in [0.29, 0.717) is 25.9 Å². The van der Waals surface area contributed by atoms with E-state index in [4.69, 9.17) is 0 Å². The fourth-order valence-electron chi connectivity index (χ4n) is 2.86. The third-order valence-electron chi connectivity index (χ3n) is 4.35. The summed E-state index contributed by atoms with van der Waals surface area (Å²) in [5, 5.41) is 0. The minimum atomic E-state index is -0.0175. The van der Waals surface area contributed by atoms with Crippen LogP contribution in [-0.2, 0) is 15.0 Å². The maximum atomic E-state index is 12.1.